The molecule has 0 saturated heterocycles. The number of ether oxygens (including phenoxy) is 2. The van der Waals surface area contributed by atoms with Crippen LogP contribution in [0.1, 0.15) is 24.0 Å². The van der Waals surface area contributed by atoms with E-state index >= 15 is 0 Å². The monoisotopic (exact) mass is 221 g/mol. The Morgan fingerprint density at radius 3 is 2.56 bits per heavy atom. The standard InChI is InChI=1S/C13H19NO2/c1-15-9-11-7-12(16-2)4-3-10(11)8-13(14)5-6-13/h3-4,7H,5-6,8-9,14H2,1-2H3. The topological polar surface area (TPSA) is 44.5 Å². The minimum absolute atomic E-state index is 0.0388. The summed E-state index contributed by atoms with van der Waals surface area (Å²) in [6.45, 7) is 0.614. The second-order valence-corrected chi connectivity index (χ2v) is 4.61. The minimum atomic E-state index is 0.0388. The fraction of sp³-hybridized carbons (Fsp3) is 0.538. The third kappa shape index (κ3) is 2.54. The van der Waals surface area contributed by atoms with E-state index in [1.165, 1.54) is 11.1 Å². The second kappa shape index (κ2) is 4.44. The second-order valence-electron chi connectivity index (χ2n) is 4.61. The predicted molar refractivity (Wildman–Crippen MR) is 63.6 cm³/mol. The van der Waals surface area contributed by atoms with Crippen LogP contribution in [0.25, 0.3) is 0 Å². The van der Waals surface area contributed by atoms with Gasteiger partial charge in [0.2, 0.25) is 0 Å². The van der Waals surface area contributed by atoms with Gasteiger partial charge < -0.3 is 15.2 Å². The van der Waals surface area contributed by atoms with Crippen molar-refractivity contribution in [3.8, 4) is 5.75 Å². The fourth-order valence-corrected chi connectivity index (χ4v) is 1.91. The van der Waals surface area contributed by atoms with Gasteiger partial charge >= 0.3 is 0 Å². The lowest BCUT2D eigenvalue weighted by Crippen LogP contribution is -2.25. The van der Waals surface area contributed by atoms with E-state index in [0.29, 0.717) is 6.61 Å². The Bertz CT molecular complexity index is 372. The zero-order chi connectivity index (χ0) is 11.6. The molecule has 1 aromatic carbocycles. The molecule has 0 amide bonds. The van der Waals surface area contributed by atoms with E-state index in [9.17, 15) is 0 Å². The fourth-order valence-electron chi connectivity index (χ4n) is 1.91. The van der Waals surface area contributed by atoms with Crippen LogP contribution in [0.2, 0.25) is 0 Å². The summed E-state index contributed by atoms with van der Waals surface area (Å²) >= 11 is 0. The number of rotatable bonds is 5. The Balaban J connectivity index is 2.20. The van der Waals surface area contributed by atoms with E-state index in [0.717, 1.165) is 25.0 Å². The van der Waals surface area contributed by atoms with Crippen LogP contribution in [0.3, 0.4) is 0 Å². The minimum Gasteiger partial charge on any atom is -0.497 e. The molecule has 0 unspecified atom stereocenters. The quantitative estimate of drug-likeness (QED) is 0.825. The molecule has 2 rings (SSSR count). The summed E-state index contributed by atoms with van der Waals surface area (Å²) in [6, 6.07) is 6.12. The summed E-state index contributed by atoms with van der Waals surface area (Å²) in [5, 5.41) is 0. The first-order chi connectivity index (χ1) is 7.67. The molecule has 3 heteroatoms. The number of methoxy groups -OCH3 is 2. The normalized spacial score (nSPS) is 17.2. The molecule has 2 N–H and O–H groups in total. The van der Waals surface area contributed by atoms with Crippen molar-refractivity contribution in [1.82, 2.24) is 0 Å². The van der Waals surface area contributed by atoms with Crippen LogP contribution >= 0.6 is 0 Å². The number of nitrogens with two attached hydrogens (primary N) is 1. The third-order valence-corrected chi connectivity index (χ3v) is 3.15. The van der Waals surface area contributed by atoms with Crippen molar-refractivity contribution in [2.75, 3.05) is 14.2 Å². The largest absolute Gasteiger partial charge is 0.497 e. The van der Waals surface area contributed by atoms with Crippen molar-refractivity contribution >= 4 is 0 Å². The van der Waals surface area contributed by atoms with Crippen molar-refractivity contribution in [2.24, 2.45) is 5.73 Å². The van der Waals surface area contributed by atoms with Crippen LogP contribution in [0.4, 0.5) is 0 Å². The molecular formula is C13H19NO2. The van der Waals surface area contributed by atoms with Crippen LogP contribution in [-0.2, 0) is 17.8 Å². The Kier molecular flexibility index (Phi) is 3.17. The highest BCUT2D eigenvalue weighted by molar-refractivity contribution is 5.37. The lowest BCUT2D eigenvalue weighted by atomic mass is 9.99. The first-order valence-corrected chi connectivity index (χ1v) is 5.60. The van der Waals surface area contributed by atoms with E-state index < -0.39 is 0 Å². The van der Waals surface area contributed by atoms with Crippen molar-refractivity contribution in [3.63, 3.8) is 0 Å². The van der Waals surface area contributed by atoms with E-state index in [-0.39, 0.29) is 5.54 Å². The molecule has 0 radical (unpaired) electrons. The maximum absolute atomic E-state index is 6.14. The molecular weight excluding hydrogens is 202 g/mol. The maximum Gasteiger partial charge on any atom is 0.119 e. The number of hydrogen-bond acceptors (Lipinski definition) is 3. The summed E-state index contributed by atoms with van der Waals surface area (Å²) in [5.74, 6) is 0.873. The highest BCUT2D eigenvalue weighted by atomic mass is 16.5. The SMILES string of the molecule is COCc1cc(OC)ccc1CC1(N)CC1. The predicted octanol–water partition coefficient (Wildman–Crippen LogP) is 1.88. The van der Waals surface area contributed by atoms with Gasteiger partial charge in [0, 0.05) is 12.6 Å². The van der Waals surface area contributed by atoms with E-state index in [1.54, 1.807) is 14.2 Å². The van der Waals surface area contributed by atoms with Crippen LogP contribution in [-0.4, -0.2) is 19.8 Å². The van der Waals surface area contributed by atoms with Crippen molar-refractivity contribution in [1.29, 1.82) is 0 Å². The lowest BCUT2D eigenvalue weighted by Gasteiger charge is -2.14. The molecule has 1 fully saturated rings. The summed E-state index contributed by atoms with van der Waals surface area (Å²) in [6.07, 6.45) is 3.20. The van der Waals surface area contributed by atoms with Crippen molar-refractivity contribution in [3.05, 3.63) is 29.3 Å². The Hall–Kier alpha value is -1.06. The molecule has 1 aliphatic carbocycles. The zero-order valence-corrected chi connectivity index (χ0v) is 9.95. The third-order valence-electron chi connectivity index (χ3n) is 3.15. The van der Waals surface area contributed by atoms with Gasteiger partial charge in [-0.1, -0.05) is 6.07 Å². The molecule has 88 valence electrons. The molecule has 1 aromatic rings. The molecule has 1 saturated carbocycles. The average molecular weight is 221 g/mol. The van der Waals surface area contributed by atoms with Gasteiger partial charge in [-0.05, 0) is 42.5 Å². The van der Waals surface area contributed by atoms with Gasteiger partial charge in [-0.15, -0.1) is 0 Å². The molecule has 0 bridgehead atoms. The molecule has 0 heterocycles. The van der Waals surface area contributed by atoms with Crippen molar-refractivity contribution < 1.29 is 9.47 Å². The van der Waals surface area contributed by atoms with Crippen LogP contribution in [0, 0.1) is 0 Å². The smallest absolute Gasteiger partial charge is 0.119 e. The van der Waals surface area contributed by atoms with Gasteiger partial charge in [-0.2, -0.15) is 0 Å². The van der Waals surface area contributed by atoms with Crippen molar-refractivity contribution in [2.45, 2.75) is 31.4 Å². The van der Waals surface area contributed by atoms with Crippen LogP contribution in [0.5, 0.6) is 5.75 Å². The summed E-state index contributed by atoms with van der Waals surface area (Å²) in [5.41, 5.74) is 8.64. The zero-order valence-electron chi connectivity index (χ0n) is 9.95. The first-order valence-electron chi connectivity index (χ1n) is 5.60. The van der Waals surface area contributed by atoms with E-state index in [4.69, 9.17) is 15.2 Å². The van der Waals surface area contributed by atoms with Gasteiger partial charge in [0.05, 0.1) is 13.7 Å². The van der Waals surface area contributed by atoms with Gasteiger partial charge in [0.25, 0.3) is 0 Å². The molecule has 1 aliphatic rings. The molecule has 0 spiro atoms. The molecule has 16 heavy (non-hydrogen) atoms. The molecule has 0 aromatic heterocycles. The highest BCUT2D eigenvalue weighted by Gasteiger charge is 2.38. The Morgan fingerprint density at radius 2 is 2.00 bits per heavy atom. The summed E-state index contributed by atoms with van der Waals surface area (Å²) < 4.78 is 10.4. The van der Waals surface area contributed by atoms with Gasteiger partial charge in [-0.3, -0.25) is 0 Å². The number of benzene rings is 1. The Morgan fingerprint density at radius 1 is 1.25 bits per heavy atom. The van der Waals surface area contributed by atoms with Gasteiger partial charge in [0.1, 0.15) is 5.75 Å². The van der Waals surface area contributed by atoms with Crippen LogP contribution in [0.15, 0.2) is 18.2 Å². The lowest BCUT2D eigenvalue weighted by molar-refractivity contribution is 0.183. The van der Waals surface area contributed by atoms with Gasteiger partial charge in [0.15, 0.2) is 0 Å². The average Bonchev–Trinajstić information content (AvgIpc) is 2.99. The maximum atomic E-state index is 6.14. The molecule has 3 nitrogen and oxygen atoms in total. The Labute approximate surface area is 96.5 Å². The van der Waals surface area contributed by atoms with Gasteiger partial charge in [-0.25, -0.2) is 0 Å². The van der Waals surface area contributed by atoms with E-state index in [1.807, 2.05) is 12.1 Å². The number of hydrogen-bond donors (Lipinski definition) is 1. The summed E-state index contributed by atoms with van der Waals surface area (Å²) in [7, 11) is 3.38. The van der Waals surface area contributed by atoms with Crippen LogP contribution < -0.4 is 10.5 Å². The first kappa shape index (κ1) is 11.4. The summed E-state index contributed by atoms with van der Waals surface area (Å²) in [4.78, 5) is 0. The molecule has 0 atom stereocenters. The molecule has 0 aliphatic heterocycles. The highest BCUT2D eigenvalue weighted by Crippen LogP contribution is 2.36. The van der Waals surface area contributed by atoms with E-state index in [2.05, 4.69) is 6.07 Å².